The highest BCUT2D eigenvalue weighted by molar-refractivity contribution is 6.31. The van der Waals surface area contributed by atoms with E-state index in [1.807, 2.05) is 0 Å². The maximum atomic E-state index is 13.6. The third-order valence-electron chi connectivity index (χ3n) is 4.76. The quantitative estimate of drug-likeness (QED) is 0.800. The molecule has 1 nitrogen and oxygen atoms in total. The van der Waals surface area contributed by atoms with Gasteiger partial charge in [0, 0.05) is 22.9 Å². The molecule has 3 heteroatoms. The first-order valence-electron chi connectivity index (χ1n) is 6.15. The molecule has 0 heterocycles. The molecule has 0 aromatic heterocycles. The zero-order chi connectivity index (χ0) is 13.7. The molecule has 0 unspecified atom stereocenters. The maximum absolute atomic E-state index is 13.6. The molecule has 18 heavy (non-hydrogen) atoms. The third-order valence-corrected chi connectivity index (χ3v) is 5.11. The van der Waals surface area contributed by atoms with Crippen LogP contribution in [0.2, 0.25) is 5.02 Å². The monoisotopic (exact) mass is 268 g/mol. The summed E-state index contributed by atoms with van der Waals surface area (Å²) in [6.07, 6.45) is 0.0863. The van der Waals surface area contributed by atoms with Gasteiger partial charge >= 0.3 is 0 Å². The van der Waals surface area contributed by atoms with Crippen LogP contribution in [0.3, 0.4) is 0 Å². The molecular formula is C15H18ClFO. The minimum Gasteiger partial charge on any atom is -0.299 e. The van der Waals surface area contributed by atoms with Crippen LogP contribution in [-0.2, 0) is 11.2 Å². The van der Waals surface area contributed by atoms with Crippen LogP contribution in [-0.4, -0.2) is 5.78 Å². The van der Waals surface area contributed by atoms with Gasteiger partial charge in [0.2, 0.25) is 0 Å². The molecule has 0 amide bonds. The molecule has 0 aliphatic heterocycles. The lowest BCUT2D eigenvalue weighted by Crippen LogP contribution is -2.11. The minimum atomic E-state index is -0.396. The average Bonchev–Trinajstić information content (AvgIpc) is 2.63. The Labute approximate surface area is 112 Å². The van der Waals surface area contributed by atoms with E-state index in [0.717, 1.165) is 0 Å². The lowest BCUT2D eigenvalue weighted by Gasteiger charge is -2.06. The number of rotatable bonds is 3. The van der Waals surface area contributed by atoms with Crippen molar-refractivity contribution in [3.63, 3.8) is 0 Å². The molecule has 1 aromatic carbocycles. The molecule has 0 saturated heterocycles. The van der Waals surface area contributed by atoms with E-state index in [1.165, 1.54) is 6.07 Å². The molecule has 2 rings (SSSR count). The molecule has 0 N–H and O–H groups in total. The lowest BCUT2D eigenvalue weighted by molar-refractivity contribution is -0.120. The molecule has 1 aromatic rings. The van der Waals surface area contributed by atoms with Crippen molar-refractivity contribution in [2.75, 3.05) is 0 Å². The van der Waals surface area contributed by atoms with Crippen LogP contribution in [0, 0.1) is 22.6 Å². The summed E-state index contributed by atoms with van der Waals surface area (Å²) in [7, 11) is 0. The van der Waals surface area contributed by atoms with Crippen molar-refractivity contribution in [2.45, 2.75) is 34.1 Å². The van der Waals surface area contributed by atoms with Gasteiger partial charge in [-0.25, -0.2) is 4.39 Å². The van der Waals surface area contributed by atoms with E-state index < -0.39 is 5.82 Å². The second-order valence-electron chi connectivity index (χ2n) is 6.22. The SMILES string of the molecule is CC1(C)C(C(=O)Cc2c(F)cccc2Cl)C1(C)C. The van der Waals surface area contributed by atoms with Crippen LogP contribution in [0.1, 0.15) is 33.3 Å². The fourth-order valence-electron chi connectivity index (χ4n) is 2.98. The lowest BCUT2D eigenvalue weighted by atomic mass is 10.0. The highest BCUT2D eigenvalue weighted by Gasteiger charge is 2.67. The summed E-state index contributed by atoms with van der Waals surface area (Å²) in [6.45, 7) is 8.33. The van der Waals surface area contributed by atoms with Gasteiger partial charge in [-0.05, 0) is 23.0 Å². The van der Waals surface area contributed by atoms with Gasteiger partial charge < -0.3 is 0 Å². The summed E-state index contributed by atoms with van der Waals surface area (Å²) in [5, 5.41) is 0.333. The van der Waals surface area contributed by atoms with Crippen LogP contribution in [0.15, 0.2) is 18.2 Å². The van der Waals surface area contributed by atoms with Crippen LogP contribution >= 0.6 is 11.6 Å². The molecule has 1 fully saturated rings. The molecule has 0 atom stereocenters. The van der Waals surface area contributed by atoms with Gasteiger partial charge in [-0.3, -0.25) is 4.79 Å². The van der Waals surface area contributed by atoms with Gasteiger partial charge in [0.05, 0.1) is 0 Å². The Hall–Kier alpha value is -0.890. The van der Waals surface area contributed by atoms with Crippen LogP contribution in [0.5, 0.6) is 0 Å². The smallest absolute Gasteiger partial charge is 0.141 e. The van der Waals surface area contributed by atoms with E-state index in [0.29, 0.717) is 10.6 Å². The number of halogens is 2. The van der Waals surface area contributed by atoms with Gasteiger partial charge in [0.25, 0.3) is 0 Å². The predicted octanol–water partition coefficient (Wildman–Crippen LogP) is 4.27. The minimum absolute atomic E-state index is 0.0121. The standard InChI is InChI=1S/C15H18ClFO/c1-14(2)13(15(14,3)4)12(18)8-9-10(16)6-5-7-11(9)17/h5-7,13H,8H2,1-4H3. The summed E-state index contributed by atoms with van der Waals surface area (Å²) >= 11 is 5.95. The van der Waals surface area contributed by atoms with Crippen molar-refractivity contribution in [3.8, 4) is 0 Å². The Kier molecular flexibility index (Phi) is 3.05. The average molecular weight is 269 g/mol. The Balaban J connectivity index is 2.20. The van der Waals surface area contributed by atoms with Gasteiger partial charge in [0.1, 0.15) is 11.6 Å². The van der Waals surface area contributed by atoms with E-state index >= 15 is 0 Å². The topological polar surface area (TPSA) is 17.1 Å². The van der Waals surface area contributed by atoms with E-state index in [-0.39, 0.29) is 29.0 Å². The Morgan fingerprint density at radius 2 is 1.83 bits per heavy atom. The first-order valence-corrected chi connectivity index (χ1v) is 6.53. The van der Waals surface area contributed by atoms with Crippen molar-refractivity contribution >= 4 is 17.4 Å². The Morgan fingerprint density at radius 3 is 2.28 bits per heavy atom. The highest BCUT2D eigenvalue weighted by atomic mass is 35.5. The molecule has 0 radical (unpaired) electrons. The summed E-state index contributed by atoms with van der Waals surface area (Å²) in [6, 6.07) is 4.52. The Bertz CT molecular complexity index is 471. The van der Waals surface area contributed by atoms with E-state index in [9.17, 15) is 9.18 Å². The number of carbonyl (C=O) groups excluding carboxylic acids is 1. The number of ketones is 1. The van der Waals surface area contributed by atoms with Crippen molar-refractivity contribution in [2.24, 2.45) is 16.7 Å². The van der Waals surface area contributed by atoms with Crippen LogP contribution in [0.25, 0.3) is 0 Å². The van der Waals surface area contributed by atoms with Crippen molar-refractivity contribution < 1.29 is 9.18 Å². The normalized spacial score (nSPS) is 20.8. The second-order valence-corrected chi connectivity index (χ2v) is 6.63. The number of benzene rings is 1. The van der Waals surface area contributed by atoms with Gasteiger partial charge in [-0.1, -0.05) is 45.4 Å². The third kappa shape index (κ3) is 1.87. The van der Waals surface area contributed by atoms with E-state index in [4.69, 9.17) is 11.6 Å². The van der Waals surface area contributed by atoms with Crippen molar-refractivity contribution in [3.05, 3.63) is 34.6 Å². The number of hydrogen-bond acceptors (Lipinski definition) is 1. The van der Waals surface area contributed by atoms with Gasteiger partial charge in [0.15, 0.2) is 0 Å². The summed E-state index contributed by atoms with van der Waals surface area (Å²) in [5.41, 5.74) is 0.298. The van der Waals surface area contributed by atoms with Crippen LogP contribution in [0.4, 0.5) is 4.39 Å². The molecular weight excluding hydrogens is 251 g/mol. The first kappa shape index (κ1) is 13.5. The maximum Gasteiger partial charge on any atom is 0.141 e. The fourth-order valence-corrected chi connectivity index (χ4v) is 3.21. The molecule has 98 valence electrons. The molecule has 1 aliphatic rings. The predicted molar refractivity (Wildman–Crippen MR) is 71.2 cm³/mol. The van der Waals surface area contributed by atoms with E-state index in [1.54, 1.807) is 12.1 Å². The van der Waals surface area contributed by atoms with Crippen molar-refractivity contribution in [1.29, 1.82) is 0 Å². The summed E-state index contributed by atoms with van der Waals surface area (Å²) in [4.78, 5) is 12.3. The Morgan fingerprint density at radius 1 is 1.28 bits per heavy atom. The zero-order valence-electron chi connectivity index (χ0n) is 11.2. The van der Waals surface area contributed by atoms with Crippen LogP contribution < -0.4 is 0 Å². The van der Waals surface area contributed by atoms with Gasteiger partial charge in [-0.15, -0.1) is 0 Å². The summed E-state index contributed by atoms with van der Waals surface area (Å²) in [5.74, 6) is -0.329. The molecule has 0 bridgehead atoms. The fraction of sp³-hybridized carbons (Fsp3) is 0.533. The number of hydrogen-bond donors (Lipinski definition) is 0. The summed E-state index contributed by atoms with van der Waals surface area (Å²) < 4.78 is 13.6. The second kappa shape index (κ2) is 4.06. The molecule has 1 aliphatic carbocycles. The van der Waals surface area contributed by atoms with E-state index in [2.05, 4.69) is 27.7 Å². The number of Topliss-reactive ketones (excluding diaryl/α,β-unsaturated/α-hetero) is 1. The molecule has 0 spiro atoms. The van der Waals surface area contributed by atoms with Gasteiger partial charge in [-0.2, -0.15) is 0 Å². The highest BCUT2D eigenvalue weighted by Crippen LogP contribution is 2.68. The molecule has 1 saturated carbocycles. The number of carbonyl (C=O) groups is 1. The first-order chi connectivity index (χ1) is 8.19. The van der Waals surface area contributed by atoms with Crippen molar-refractivity contribution in [1.82, 2.24) is 0 Å². The largest absolute Gasteiger partial charge is 0.299 e. The zero-order valence-corrected chi connectivity index (χ0v) is 11.9.